The van der Waals surface area contributed by atoms with E-state index < -0.39 is 10.0 Å². The van der Waals surface area contributed by atoms with Gasteiger partial charge in [0.25, 0.3) is 5.91 Å². The highest BCUT2D eigenvalue weighted by Crippen LogP contribution is 2.22. The Kier molecular flexibility index (Phi) is 5.93. The summed E-state index contributed by atoms with van der Waals surface area (Å²) in [5, 5.41) is 0. The number of piperazine rings is 1. The van der Waals surface area contributed by atoms with Gasteiger partial charge in [0, 0.05) is 31.9 Å². The van der Waals surface area contributed by atoms with Crippen LogP contribution in [-0.4, -0.2) is 59.3 Å². The minimum atomic E-state index is -3.58. The number of hydrogen-bond acceptors (Lipinski definition) is 4. The average Bonchev–Trinajstić information content (AvgIpc) is 3.29. The third-order valence-corrected chi connectivity index (χ3v) is 7.52. The Morgan fingerprint density at radius 3 is 2.19 bits per heavy atom. The number of nitrogens with zero attached hydrogens (tertiary/aromatic N) is 4. The van der Waals surface area contributed by atoms with Gasteiger partial charge in [0.1, 0.15) is 5.69 Å². The fraction of sp³-hybridized carbons (Fsp3) is 0.304. The first kappa shape index (κ1) is 21.3. The lowest BCUT2D eigenvalue weighted by Crippen LogP contribution is -2.50. The molecule has 4 rings (SSSR count). The molecule has 1 saturated heterocycles. The summed E-state index contributed by atoms with van der Waals surface area (Å²) in [5.74, 6) is 0.190. The van der Waals surface area contributed by atoms with Crippen LogP contribution in [0.5, 0.6) is 0 Å². The standard InChI is InChI=1S/C23H26N4O3S/c1-18(2)19-8-10-21(11-9-19)31(29,30)26-14-12-25(13-15-26)23(28)22-16-24-17-27(22)20-6-4-3-5-7-20/h3-11,16-18H,12-15H2,1-2H3. The molecule has 0 N–H and O–H groups in total. The van der Waals surface area contributed by atoms with Gasteiger partial charge in [-0.15, -0.1) is 0 Å². The van der Waals surface area contributed by atoms with Crippen LogP contribution in [0.15, 0.2) is 72.0 Å². The quantitative estimate of drug-likeness (QED) is 0.613. The van der Waals surface area contributed by atoms with Gasteiger partial charge in [0.15, 0.2) is 0 Å². The number of aromatic nitrogens is 2. The van der Waals surface area contributed by atoms with Crippen LogP contribution in [0.3, 0.4) is 0 Å². The van der Waals surface area contributed by atoms with Crippen LogP contribution in [0.1, 0.15) is 35.8 Å². The Morgan fingerprint density at radius 1 is 0.935 bits per heavy atom. The molecular formula is C23H26N4O3S. The van der Waals surface area contributed by atoms with Crippen LogP contribution in [0, 0.1) is 0 Å². The minimum Gasteiger partial charge on any atom is -0.335 e. The van der Waals surface area contributed by atoms with Gasteiger partial charge in [-0.05, 0) is 35.7 Å². The molecule has 1 amide bonds. The topological polar surface area (TPSA) is 75.5 Å². The van der Waals surface area contributed by atoms with Crippen molar-refractivity contribution in [3.05, 3.63) is 78.4 Å². The van der Waals surface area contributed by atoms with Gasteiger partial charge in [-0.2, -0.15) is 4.31 Å². The number of para-hydroxylation sites is 1. The SMILES string of the molecule is CC(C)c1ccc(S(=O)(=O)N2CCN(C(=O)c3cncn3-c3ccccc3)CC2)cc1. The van der Waals surface area contributed by atoms with Crippen LogP contribution in [0.2, 0.25) is 0 Å². The maximum absolute atomic E-state index is 13.1. The average molecular weight is 439 g/mol. The summed E-state index contributed by atoms with van der Waals surface area (Å²) in [5.41, 5.74) is 2.42. The third kappa shape index (κ3) is 4.26. The number of sulfonamides is 1. The Bertz CT molecular complexity index is 1150. The van der Waals surface area contributed by atoms with Crippen molar-refractivity contribution in [2.24, 2.45) is 0 Å². The molecule has 7 nitrogen and oxygen atoms in total. The highest BCUT2D eigenvalue weighted by Gasteiger charge is 2.31. The van der Waals surface area contributed by atoms with Gasteiger partial charge >= 0.3 is 0 Å². The fourth-order valence-corrected chi connectivity index (χ4v) is 5.14. The van der Waals surface area contributed by atoms with Gasteiger partial charge < -0.3 is 4.90 Å². The number of hydrogen-bond donors (Lipinski definition) is 0. The van der Waals surface area contributed by atoms with Crippen LogP contribution >= 0.6 is 0 Å². The number of carbonyl (C=O) groups is 1. The molecule has 2 aromatic carbocycles. The number of rotatable bonds is 5. The van der Waals surface area contributed by atoms with E-state index in [4.69, 9.17) is 0 Å². The third-order valence-electron chi connectivity index (χ3n) is 5.60. The van der Waals surface area contributed by atoms with Crippen molar-refractivity contribution >= 4 is 15.9 Å². The van der Waals surface area contributed by atoms with E-state index in [-0.39, 0.29) is 19.0 Å². The van der Waals surface area contributed by atoms with Crippen molar-refractivity contribution in [3.63, 3.8) is 0 Å². The van der Waals surface area contributed by atoms with E-state index in [9.17, 15) is 13.2 Å². The van der Waals surface area contributed by atoms with Crippen LogP contribution in [-0.2, 0) is 10.0 Å². The lowest BCUT2D eigenvalue weighted by molar-refractivity contribution is 0.0690. The summed E-state index contributed by atoms with van der Waals surface area (Å²) in [6.07, 6.45) is 3.17. The van der Waals surface area contributed by atoms with Gasteiger partial charge in [0.2, 0.25) is 10.0 Å². The second-order valence-corrected chi connectivity index (χ2v) is 9.84. The molecular weight excluding hydrogens is 412 g/mol. The zero-order chi connectivity index (χ0) is 22.0. The predicted molar refractivity (Wildman–Crippen MR) is 119 cm³/mol. The molecule has 0 atom stereocenters. The first-order valence-corrected chi connectivity index (χ1v) is 11.8. The molecule has 1 aromatic heterocycles. The predicted octanol–water partition coefficient (Wildman–Crippen LogP) is 3.14. The fourth-order valence-electron chi connectivity index (χ4n) is 3.71. The number of amides is 1. The molecule has 1 aliphatic heterocycles. The highest BCUT2D eigenvalue weighted by atomic mass is 32.2. The van der Waals surface area contributed by atoms with E-state index in [0.717, 1.165) is 11.3 Å². The number of imidazole rings is 1. The number of carbonyl (C=O) groups excluding carboxylic acids is 1. The van der Waals surface area contributed by atoms with E-state index >= 15 is 0 Å². The largest absolute Gasteiger partial charge is 0.335 e. The van der Waals surface area contributed by atoms with Crippen molar-refractivity contribution in [1.82, 2.24) is 18.8 Å². The van der Waals surface area contributed by atoms with E-state index in [2.05, 4.69) is 18.8 Å². The molecule has 1 aliphatic rings. The monoisotopic (exact) mass is 438 g/mol. The molecule has 162 valence electrons. The summed E-state index contributed by atoms with van der Waals surface area (Å²) in [7, 11) is -3.58. The Hall–Kier alpha value is -2.97. The first-order chi connectivity index (χ1) is 14.9. The highest BCUT2D eigenvalue weighted by molar-refractivity contribution is 7.89. The molecule has 0 unspecified atom stereocenters. The van der Waals surface area contributed by atoms with Crippen LogP contribution in [0.25, 0.3) is 5.69 Å². The number of benzene rings is 2. The van der Waals surface area contributed by atoms with Gasteiger partial charge in [-0.25, -0.2) is 13.4 Å². The summed E-state index contributed by atoms with van der Waals surface area (Å²) in [4.78, 5) is 19.2. The maximum atomic E-state index is 13.1. The Morgan fingerprint density at radius 2 is 1.58 bits per heavy atom. The molecule has 0 radical (unpaired) electrons. The lowest BCUT2D eigenvalue weighted by atomic mass is 10.0. The Labute approximate surface area is 183 Å². The van der Waals surface area contributed by atoms with Crippen LogP contribution in [0.4, 0.5) is 0 Å². The smallest absolute Gasteiger partial charge is 0.272 e. The molecule has 8 heteroatoms. The van der Waals surface area contributed by atoms with Crippen molar-refractivity contribution in [2.75, 3.05) is 26.2 Å². The summed E-state index contributed by atoms with van der Waals surface area (Å²) >= 11 is 0. The summed E-state index contributed by atoms with van der Waals surface area (Å²) in [6.45, 7) is 5.34. The van der Waals surface area contributed by atoms with Crippen molar-refractivity contribution < 1.29 is 13.2 Å². The zero-order valence-corrected chi connectivity index (χ0v) is 18.5. The molecule has 0 spiro atoms. The summed E-state index contributed by atoms with van der Waals surface area (Å²) < 4.78 is 29.2. The molecule has 0 saturated carbocycles. The van der Waals surface area contributed by atoms with E-state index in [1.807, 2.05) is 42.5 Å². The molecule has 1 fully saturated rings. The van der Waals surface area contributed by atoms with E-state index in [1.54, 1.807) is 34.1 Å². The van der Waals surface area contributed by atoms with Crippen molar-refractivity contribution in [3.8, 4) is 5.69 Å². The molecule has 0 bridgehead atoms. The van der Waals surface area contributed by atoms with E-state index in [0.29, 0.717) is 29.6 Å². The maximum Gasteiger partial charge on any atom is 0.272 e. The molecule has 0 aliphatic carbocycles. The van der Waals surface area contributed by atoms with Gasteiger partial charge in [-0.1, -0.05) is 44.2 Å². The van der Waals surface area contributed by atoms with Gasteiger partial charge in [0.05, 0.1) is 17.4 Å². The van der Waals surface area contributed by atoms with Crippen LogP contribution < -0.4 is 0 Å². The normalized spacial score (nSPS) is 15.4. The van der Waals surface area contributed by atoms with Crippen molar-refractivity contribution in [1.29, 1.82) is 0 Å². The van der Waals surface area contributed by atoms with Crippen molar-refractivity contribution in [2.45, 2.75) is 24.7 Å². The second kappa shape index (κ2) is 8.64. The first-order valence-electron chi connectivity index (χ1n) is 10.3. The van der Waals surface area contributed by atoms with E-state index in [1.165, 1.54) is 4.31 Å². The van der Waals surface area contributed by atoms with Gasteiger partial charge in [-0.3, -0.25) is 9.36 Å². The molecule has 3 aromatic rings. The zero-order valence-electron chi connectivity index (χ0n) is 17.7. The second-order valence-electron chi connectivity index (χ2n) is 7.90. The lowest BCUT2D eigenvalue weighted by Gasteiger charge is -2.34. The minimum absolute atomic E-state index is 0.153. The summed E-state index contributed by atoms with van der Waals surface area (Å²) in [6, 6.07) is 16.6. The molecule has 2 heterocycles. The Balaban J connectivity index is 1.45. The molecule has 31 heavy (non-hydrogen) atoms.